The van der Waals surface area contributed by atoms with E-state index in [0.29, 0.717) is 10.7 Å². The Balaban J connectivity index is 2.09. The second-order valence-electron chi connectivity index (χ2n) is 4.27. The van der Waals surface area contributed by atoms with Crippen molar-refractivity contribution in [3.05, 3.63) is 46.1 Å². The molecule has 96 valence electrons. The number of fused-ring (bicyclic) bond motifs is 1. The summed E-state index contributed by atoms with van der Waals surface area (Å²) < 4.78 is 0. The summed E-state index contributed by atoms with van der Waals surface area (Å²) in [6.07, 6.45) is 1.02. The van der Waals surface area contributed by atoms with Crippen molar-refractivity contribution in [2.75, 3.05) is 0 Å². The van der Waals surface area contributed by atoms with Crippen LogP contribution >= 0.6 is 23.2 Å². The molecule has 0 atom stereocenters. The van der Waals surface area contributed by atoms with Gasteiger partial charge in [0.05, 0.1) is 10.5 Å². The fraction of sp³-hybridized carbons (Fsp3) is 0.143. The van der Waals surface area contributed by atoms with Crippen LogP contribution in [0.1, 0.15) is 12.5 Å². The number of imidazole rings is 1. The van der Waals surface area contributed by atoms with Crippen LogP contribution in [0.2, 0.25) is 10.2 Å². The Morgan fingerprint density at radius 2 is 1.84 bits per heavy atom. The zero-order chi connectivity index (χ0) is 13.4. The second kappa shape index (κ2) is 4.83. The first-order chi connectivity index (χ1) is 9.17. The highest BCUT2D eigenvalue weighted by Gasteiger charge is 2.09. The molecule has 0 aliphatic heterocycles. The minimum absolute atomic E-state index is 0.272. The van der Waals surface area contributed by atoms with E-state index in [1.54, 1.807) is 6.07 Å². The van der Waals surface area contributed by atoms with Crippen molar-refractivity contribution in [1.29, 1.82) is 0 Å². The molecule has 1 aromatic carbocycles. The standard InChI is InChI=1S/C14H11Cl2N3/c1-2-8-3-5-9(6-4-8)13-17-11-7-10(15)12(16)18-14(11)19-13/h3-7H,2H2,1H3,(H,17,18,19). The van der Waals surface area contributed by atoms with Gasteiger partial charge in [0.15, 0.2) is 5.65 Å². The molecule has 5 heteroatoms. The molecule has 0 saturated heterocycles. The summed E-state index contributed by atoms with van der Waals surface area (Å²) in [4.78, 5) is 11.8. The third kappa shape index (κ3) is 2.31. The molecule has 0 bridgehead atoms. The number of rotatable bonds is 2. The van der Waals surface area contributed by atoms with Crippen molar-refractivity contribution in [3.8, 4) is 11.4 Å². The van der Waals surface area contributed by atoms with Gasteiger partial charge < -0.3 is 4.98 Å². The zero-order valence-electron chi connectivity index (χ0n) is 10.2. The van der Waals surface area contributed by atoms with Gasteiger partial charge in [-0.05, 0) is 18.1 Å². The number of H-pyrrole nitrogens is 1. The lowest BCUT2D eigenvalue weighted by Gasteiger charge is -1.98. The smallest absolute Gasteiger partial charge is 0.179 e. The lowest BCUT2D eigenvalue weighted by atomic mass is 10.1. The van der Waals surface area contributed by atoms with Gasteiger partial charge in [-0.1, -0.05) is 54.4 Å². The molecule has 0 saturated carbocycles. The Bertz CT molecular complexity index is 693. The first-order valence-corrected chi connectivity index (χ1v) is 6.74. The molecule has 0 amide bonds. The molecule has 0 aliphatic carbocycles. The van der Waals surface area contributed by atoms with E-state index in [0.717, 1.165) is 23.3 Å². The molecule has 0 unspecified atom stereocenters. The van der Waals surface area contributed by atoms with E-state index >= 15 is 0 Å². The number of hydrogen-bond acceptors (Lipinski definition) is 2. The normalized spacial score (nSPS) is 11.1. The summed E-state index contributed by atoms with van der Waals surface area (Å²) in [5, 5.41) is 0.694. The third-order valence-corrected chi connectivity index (χ3v) is 3.69. The number of halogens is 2. The number of aryl methyl sites for hydroxylation is 1. The van der Waals surface area contributed by atoms with Gasteiger partial charge in [0.1, 0.15) is 11.0 Å². The molecule has 3 aromatic rings. The number of aromatic nitrogens is 3. The number of hydrogen-bond donors (Lipinski definition) is 1. The summed E-state index contributed by atoms with van der Waals surface area (Å²) in [5.41, 5.74) is 3.67. The number of pyridine rings is 1. The average molecular weight is 292 g/mol. The lowest BCUT2D eigenvalue weighted by Crippen LogP contribution is -1.83. The quantitative estimate of drug-likeness (QED) is 0.707. The molecule has 1 N–H and O–H groups in total. The Labute approximate surface area is 120 Å². The Kier molecular flexibility index (Phi) is 3.17. The maximum Gasteiger partial charge on any atom is 0.179 e. The minimum Gasteiger partial charge on any atom is -0.337 e. The number of nitrogens with zero attached hydrogens (tertiary/aromatic N) is 2. The number of aromatic amines is 1. The molecular formula is C14H11Cl2N3. The summed E-state index contributed by atoms with van der Waals surface area (Å²) in [5.74, 6) is 0.767. The molecular weight excluding hydrogens is 281 g/mol. The van der Waals surface area contributed by atoms with Crippen molar-refractivity contribution in [3.63, 3.8) is 0 Å². The first-order valence-electron chi connectivity index (χ1n) is 5.98. The number of benzene rings is 1. The van der Waals surface area contributed by atoms with Crippen LogP contribution in [-0.2, 0) is 6.42 Å². The maximum atomic E-state index is 5.94. The van der Waals surface area contributed by atoms with Crippen molar-refractivity contribution in [1.82, 2.24) is 15.0 Å². The molecule has 3 rings (SSSR count). The number of nitrogens with one attached hydrogen (secondary N) is 1. The van der Waals surface area contributed by atoms with Gasteiger partial charge >= 0.3 is 0 Å². The van der Waals surface area contributed by atoms with E-state index in [-0.39, 0.29) is 5.15 Å². The molecule has 2 heterocycles. The van der Waals surface area contributed by atoms with E-state index < -0.39 is 0 Å². The van der Waals surface area contributed by atoms with Gasteiger partial charge in [-0.15, -0.1) is 0 Å². The van der Waals surface area contributed by atoms with Crippen molar-refractivity contribution in [2.24, 2.45) is 0 Å². The van der Waals surface area contributed by atoms with Crippen molar-refractivity contribution in [2.45, 2.75) is 13.3 Å². The maximum absolute atomic E-state index is 5.94. The monoisotopic (exact) mass is 291 g/mol. The van der Waals surface area contributed by atoms with Gasteiger partial charge in [0.2, 0.25) is 0 Å². The Morgan fingerprint density at radius 3 is 2.53 bits per heavy atom. The zero-order valence-corrected chi connectivity index (χ0v) is 11.8. The van der Waals surface area contributed by atoms with E-state index in [4.69, 9.17) is 23.2 Å². The highest BCUT2D eigenvalue weighted by Crippen LogP contribution is 2.26. The summed E-state index contributed by atoms with van der Waals surface area (Å²) >= 11 is 11.8. The highest BCUT2D eigenvalue weighted by molar-refractivity contribution is 6.41. The van der Waals surface area contributed by atoms with Crippen LogP contribution in [0.5, 0.6) is 0 Å². The van der Waals surface area contributed by atoms with Crippen LogP contribution in [0.4, 0.5) is 0 Å². The van der Waals surface area contributed by atoms with Crippen LogP contribution in [0.15, 0.2) is 30.3 Å². The Morgan fingerprint density at radius 1 is 1.11 bits per heavy atom. The molecule has 2 aromatic heterocycles. The largest absolute Gasteiger partial charge is 0.337 e. The van der Waals surface area contributed by atoms with Crippen molar-refractivity contribution >= 4 is 34.4 Å². The van der Waals surface area contributed by atoms with Crippen LogP contribution in [0.25, 0.3) is 22.6 Å². The minimum atomic E-state index is 0.272. The predicted molar refractivity (Wildman–Crippen MR) is 78.7 cm³/mol. The third-order valence-electron chi connectivity index (χ3n) is 3.02. The molecule has 0 aliphatic rings. The topological polar surface area (TPSA) is 41.6 Å². The summed E-state index contributed by atoms with van der Waals surface area (Å²) in [7, 11) is 0. The van der Waals surface area contributed by atoms with E-state index in [1.165, 1.54) is 5.56 Å². The molecule has 3 nitrogen and oxygen atoms in total. The van der Waals surface area contributed by atoms with E-state index in [9.17, 15) is 0 Å². The summed E-state index contributed by atoms with van der Waals surface area (Å²) in [6, 6.07) is 10.0. The molecule has 19 heavy (non-hydrogen) atoms. The van der Waals surface area contributed by atoms with Crippen LogP contribution in [0, 0.1) is 0 Å². The van der Waals surface area contributed by atoms with Gasteiger partial charge in [-0.25, -0.2) is 9.97 Å². The van der Waals surface area contributed by atoms with E-state index in [1.807, 2.05) is 12.1 Å². The van der Waals surface area contributed by atoms with Crippen LogP contribution in [-0.4, -0.2) is 15.0 Å². The molecule has 0 spiro atoms. The Hall–Kier alpha value is -1.58. The van der Waals surface area contributed by atoms with Gasteiger partial charge in [0.25, 0.3) is 0 Å². The molecule has 0 radical (unpaired) electrons. The predicted octanol–water partition coefficient (Wildman–Crippen LogP) is 4.49. The van der Waals surface area contributed by atoms with Crippen LogP contribution in [0.3, 0.4) is 0 Å². The highest BCUT2D eigenvalue weighted by atomic mass is 35.5. The summed E-state index contributed by atoms with van der Waals surface area (Å²) in [6.45, 7) is 2.13. The second-order valence-corrected chi connectivity index (χ2v) is 5.03. The molecule has 0 fully saturated rings. The fourth-order valence-corrected chi connectivity index (χ4v) is 2.22. The van der Waals surface area contributed by atoms with E-state index in [2.05, 4.69) is 34.0 Å². The fourth-order valence-electron chi connectivity index (χ4n) is 1.93. The first kappa shape index (κ1) is 12.5. The lowest BCUT2D eigenvalue weighted by molar-refractivity contribution is 1.14. The van der Waals surface area contributed by atoms with Gasteiger partial charge in [0, 0.05) is 5.56 Å². The van der Waals surface area contributed by atoms with Gasteiger partial charge in [-0.2, -0.15) is 0 Å². The SMILES string of the molecule is CCc1ccc(-c2nc3nc(Cl)c(Cl)cc3[nH]2)cc1. The van der Waals surface area contributed by atoms with Crippen LogP contribution < -0.4 is 0 Å². The van der Waals surface area contributed by atoms with Gasteiger partial charge in [-0.3, -0.25) is 0 Å². The van der Waals surface area contributed by atoms with Crippen molar-refractivity contribution < 1.29 is 0 Å². The average Bonchev–Trinajstić information content (AvgIpc) is 2.82.